The smallest absolute Gasteiger partial charge is 0.263 e. The Hall–Kier alpha value is -2.56. The summed E-state index contributed by atoms with van der Waals surface area (Å²) in [7, 11) is 1.67. The lowest BCUT2D eigenvalue weighted by Gasteiger charge is -2.18. The molecule has 0 aliphatic carbocycles. The number of ether oxygens (including phenoxy) is 1. The van der Waals surface area contributed by atoms with Crippen molar-refractivity contribution in [3.8, 4) is 5.75 Å². The Kier molecular flexibility index (Phi) is 4.20. The maximum Gasteiger partial charge on any atom is 0.263 e. The topological polar surface area (TPSA) is 68.5 Å². The fourth-order valence-corrected chi connectivity index (χ4v) is 1.87. The maximum atomic E-state index is 12.5. The highest BCUT2D eigenvalue weighted by atomic mass is 16.5. The van der Waals surface area contributed by atoms with Crippen LogP contribution in [0.3, 0.4) is 0 Å². The van der Waals surface area contributed by atoms with E-state index in [0.29, 0.717) is 29.4 Å². The number of hydrogen-bond acceptors (Lipinski definition) is 4. The number of nitrogens with two attached hydrogens (primary N) is 1. The van der Waals surface area contributed by atoms with E-state index < -0.39 is 0 Å². The van der Waals surface area contributed by atoms with E-state index in [0.717, 1.165) is 0 Å². The molecule has 0 unspecified atom stereocenters. The highest BCUT2D eigenvalue weighted by molar-refractivity contribution is 6.08. The van der Waals surface area contributed by atoms with Gasteiger partial charge in [0.15, 0.2) is 5.75 Å². The quantitative estimate of drug-likeness (QED) is 0.867. The van der Waals surface area contributed by atoms with Crippen LogP contribution in [-0.2, 0) is 0 Å². The molecule has 1 aromatic carbocycles. The second-order valence-electron chi connectivity index (χ2n) is 4.21. The number of rotatable bonds is 4. The van der Waals surface area contributed by atoms with Crippen molar-refractivity contribution in [2.45, 2.75) is 6.92 Å². The van der Waals surface area contributed by atoms with Crippen molar-refractivity contribution in [1.82, 2.24) is 4.98 Å². The van der Waals surface area contributed by atoms with E-state index >= 15 is 0 Å². The fourth-order valence-electron chi connectivity index (χ4n) is 1.87. The molecule has 104 valence electrons. The lowest BCUT2D eigenvalue weighted by molar-refractivity contribution is 0.0988. The third-order valence-electron chi connectivity index (χ3n) is 2.86. The fraction of sp³-hybridized carbons (Fsp3) is 0.200. The van der Waals surface area contributed by atoms with Gasteiger partial charge in [-0.1, -0.05) is 12.1 Å². The van der Waals surface area contributed by atoms with E-state index in [4.69, 9.17) is 10.5 Å². The normalized spacial score (nSPS) is 10.1. The van der Waals surface area contributed by atoms with Gasteiger partial charge < -0.3 is 10.5 Å². The molecule has 0 aliphatic heterocycles. The van der Waals surface area contributed by atoms with Crippen molar-refractivity contribution in [3.05, 3.63) is 48.2 Å². The van der Waals surface area contributed by atoms with Crippen LogP contribution in [0.1, 0.15) is 17.3 Å². The number of carbonyl (C=O) groups excluding carboxylic acids is 1. The molecule has 1 amide bonds. The lowest BCUT2D eigenvalue weighted by atomic mass is 10.1. The van der Waals surface area contributed by atoms with E-state index in [9.17, 15) is 4.79 Å². The second kappa shape index (κ2) is 6.06. The molecule has 5 heteroatoms. The predicted octanol–water partition coefficient (Wildman–Crippen LogP) is 2.34. The number of amides is 1. The van der Waals surface area contributed by atoms with Crippen molar-refractivity contribution in [2.24, 2.45) is 0 Å². The minimum Gasteiger partial charge on any atom is -0.491 e. The van der Waals surface area contributed by atoms with E-state index in [1.807, 2.05) is 13.0 Å². The Balaban J connectivity index is 2.36. The maximum absolute atomic E-state index is 12.5. The number of aromatic nitrogens is 1. The molecule has 2 N–H and O–H groups in total. The Morgan fingerprint density at radius 1 is 1.30 bits per heavy atom. The van der Waals surface area contributed by atoms with Gasteiger partial charge in [0.2, 0.25) is 0 Å². The summed E-state index contributed by atoms with van der Waals surface area (Å²) in [6, 6.07) is 10.5. The molecule has 2 aromatic rings. The number of para-hydroxylation sites is 1. The SMILES string of the molecule is CCOc1c(N)cccc1C(=O)N(C)c1ccccn1. The zero-order chi connectivity index (χ0) is 14.5. The van der Waals surface area contributed by atoms with Crippen molar-refractivity contribution >= 4 is 17.4 Å². The van der Waals surface area contributed by atoms with E-state index in [-0.39, 0.29) is 5.91 Å². The number of anilines is 2. The Bertz CT molecular complexity index is 599. The van der Waals surface area contributed by atoms with Gasteiger partial charge in [-0.2, -0.15) is 0 Å². The third-order valence-corrected chi connectivity index (χ3v) is 2.86. The number of carbonyl (C=O) groups is 1. The van der Waals surface area contributed by atoms with Gasteiger partial charge in [0.25, 0.3) is 5.91 Å². The summed E-state index contributed by atoms with van der Waals surface area (Å²) in [4.78, 5) is 18.2. The highest BCUT2D eigenvalue weighted by Gasteiger charge is 2.20. The molecule has 1 aromatic heterocycles. The number of pyridine rings is 1. The molecule has 5 nitrogen and oxygen atoms in total. The van der Waals surface area contributed by atoms with Crippen LogP contribution in [0.15, 0.2) is 42.6 Å². The molecular weight excluding hydrogens is 254 g/mol. The minimum atomic E-state index is -0.209. The van der Waals surface area contributed by atoms with Crippen LogP contribution in [0.25, 0.3) is 0 Å². The summed E-state index contributed by atoms with van der Waals surface area (Å²) in [5, 5.41) is 0. The lowest BCUT2D eigenvalue weighted by Crippen LogP contribution is -2.27. The van der Waals surface area contributed by atoms with Crippen molar-refractivity contribution < 1.29 is 9.53 Å². The van der Waals surface area contributed by atoms with Crippen LogP contribution in [-0.4, -0.2) is 24.5 Å². The van der Waals surface area contributed by atoms with Crippen LogP contribution in [0.5, 0.6) is 5.75 Å². The standard InChI is InChI=1S/C15H17N3O2/c1-3-20-14-11(7-6-8-12(14)16)15(19)18(2)13-9-4-5-10-17-13/h4-10H,3,16H2,1-2H3. The van der Waals surface area contributed by atoms with Gasteiger partial charge in [0.1, 0.15) is 5.82 Å². The molecule has 0 aliphatic rings. The van der Waals surface area contributed by atoms with Crippen LogP contribution in [0.2, 0.25) is 0 Å². The Morgan fingerprint density at radius 2 is 2.10 bits per heavy atom. The molecule has 0 saturated heterocycles. The number of benzene rings is 1. The van der Waals surface area contributed by atoms with Crippen LogP contribution < -0.4 is 15.4 Å². The number of nitrogen functional groups attached to an aromatic ring is 1. The molecule has 2 rings (SSSR count). The van der Waals surface area contributed by atoms with Gasteiger partial charge in [-0.15, -0.1) is 0 Å². The molecule has 0 bridgehead atoms. The summed E-state index contributed by atoms with van der Waals surface area (Å²) < 4.78 is 5.48. The van der Waals surface area contributed by atoms with Gasteiger partial charge in [0.05, 0.1) is 17.9 Å². The zero-order valence-corrected chi connectivity index (χ0v) is 11.5. The summed E-state index contributed by atoms with van der Waals surface area (Å²) >= 11 is 0. The zero-order valence-electron chi connectivity index (χ0n) is 11.5. The van der Waals surface area contributed by atoms with Gasteiger partial charge in [-0.3, -0.25) is 9.69 Å². The summed E-state index contributed by atoms with van der Waals surface area (Å²) in [5.41, 5.74) is 6.75. The van der Waals surface area contributed by atoms with Crippen LogP contribution >= 0.6 is 0 Å². The molecule has 0 saturated carbocycles. The number of hydrogen-bond donors (Lipinski definition) is 1. The summed E-state index contributed by atoms with van der Waals surface area (Å²) in [6.45, 7) is 2.30. The van der Waals surface area contributed by atoms with Crippen LogP contribution in [0.4, 0.5) is 11.5 Å². The first-order valence-corrected chi connectivity index (χ1v) is 6.35. The molecular formula is C15H17N3O2. The van der Waals surface area contributed by atoms with Crippen molar-refractivity contribution in [3.63, 3.8) is 0 Å². The highest BCUT2D eigenvalue weighted by Crippen LogP contribution is 2.28. The van der Waals surface area contributed by atoms with Crippen molar-refractivity contribution in [2.75, 3.05) is 24.3 Å². The summed E-state index contributed by atoms with van der Waals surface area (Å²) in [5.74, 6) is 0.782. The summed E-state index contributed by atoms with van der Waals surface area (Å²) in [6.07, 6.45) is 1.64. The first-order chi connectivity index (χ1) is 9.65. The van der Waals surface area contributed by atoms with Gasteiger partial charge in [-0.05, 0) is 31.2 Å². The van der Waals surface area contributed by atoms with Crippen LogP contribution in [0, 0.1) is 0 Å². The average molecular weight is 271 g/mol. The minimum absolute atomic E-state index is 0.209. The Morgan fingerprint density at radius 3 is 2.75 bits per heavy atom. The second-order valence-corrected chi connectivity index (χ2v) is 4.21. The average Bonchev–Trinajstić information content (AvgIpc) is 2.49. The van der Waals surface area contributed by atoms with E-state index in [2.05, 4.69) is 4.98 Å². The van der Waals surface area contributed by atoms with Gasteiger partial charge in [-0.25, -0.2) is 4.98 Å². The van der Waals surface area contributed by atoms with Gasteiger partial charge >= 0.3 is 0 Å². The molecule has 0 radical (unpaired) electrons. The predicted molar refractivity (Wildman–Crippen MR) is 79.0 cm³/mol. The van der Waals surface area contributed by atoms with E-state index in [1.165, 1.54) is 4.90 Å². The third kappa shape index (κ3) is 2.71. The van der Waals surface area contributed by atoms with Gasteiger partial charge in [0, 0.05) is 13.2 Å². The Labute approximate surface area is 118 Å². The molecule has 0 spiro atoms. The molecule has 0 atom stereocenters. The largest absolute Gasteiger partial charge is 0.491 e. The molecule has 1 heterocycles. The van der Waals surface area contributed by atoms with Crippen molar-refractivity contribution in [1.29, 1.82) is 0 Å². The first-order valence-electron chi connectivity index (χ1n) is 6.35. The first kappa shape index (κ1) is 13.9. The number of nitrogens with zero attached hydrogens (tertiary/aromatic N) is 2. The monoisotopic (exact) mass is 271 g/mol. The van der Waals surface area contributed by atoms with E-state index in [1.54, 1.807) is 43.6 Å². The molecule has 20 heavy (non-hydrogen) atoms. The molecule has 0 fully saturated rings.